The van der Waals surface area contributed by atoms with E-state index in [1.165, 1.54) is 153 Å². The average Bonchev–Trinajstić information content (AvgIpc) is 2.87. The highest BCUT2D eigenvalue weighted by Gasteiger charge is 2.25. The van der Waals surface area contributed by atoms with Crippen molar-refractivity contribution in [1.29, 1.82) is 0 Å². The molecule has 0 aliphatic carbocycles. The molecule has 0 aromatic carbocycles. The molecule has 0 rings (SSSR count). The summed E-state index contributed by atoms with van der Waals surface area (Å²) in [5.41, 5.74) is 0. The molecule has 0 aliphatic rings. The second-order valence-corrected chi connectivity index (χ2v) is 13.1. The quantitative estimate of drug-likeness (QED) is 0.0631. The largest absolute Gasteiger partial charge is 0.324 e. The van der Waals surface area contributed by atoms with Gasteiger partial charge < -0.3 is 4.48 Å². The normalized spacial score (nSPS) is 11.9. The van der Waals surface area contributed by atoms with Gasteiger partial charge in [-0.2, -0.15) is 8.42 Å². The number of quaternary nitrogens is 1. The van der Waals surface area contributed by atoms with Gasteiger partial charge in [-0.3, -0.25) is 4.55 Å². The highest BCUT2D eigenvalue weighted by atomic mass is 32.2. The fourth-order valence-corrected chi connectivity index (χ4v) is 5.80. The molecule has 0 unspecified atom stereocenters. The summed E-state index contributed by atoms with van der Waals surface area (Å²) in [5.74, 6) is -0.0842. The first-order valence-corrected chi connectivity index (χ1v) is 18.2. The van der Waals surface area contributed by atoms with Crippen molar-refractivity contribution in [2.24, 2.45) is 0 Å². The van der Waals surface area contributed by atoms with Crippen LogP contribution < -0.4 is 0 Å². The lowest BCUT2D eigenvalue weighted by atomic mass is 10.1. The van der Waals surface area contributed by atoms with Gasteiger partial charge >= 0.3 is 0 Å². The summed E-state index contributed by atoms with van der Waals surface area (Å²) in [5, 5.41) is 0. The van der Waals surface area contributed by atoms with Gasteiger partial charge in [0.1, 0.15) is 0 Å². The predicted octanol–water partition coefficient (Wildman–Crippen LogP) is 10.4. The van der Waals surface area contributed by atoms with Crippen LogP contribution in [0.2, 0.25) is 0 Å². The van der Waals surface area contributed by atoms with Crippen LogP contribution in [0, 0.1) is 0 Å². The Morgan fingerprint density at radius 3 is 0.919 bits per heavy atom. The maximum Gasteiger partial charge on any atom is 0.264 e. The first-order valence-electron chi connectivity index (χ1n) is 16.6. The van der Waals surface area contributed by atoms with E-state index in [0.29, 0.717) is 6.42 Å². The van der Waals surface area contributed by atoms with Crippen LogP contribution in [0.5, 0.6) is 0 Å². The third-order valence-electron chi connectivity index (χ3n) is 7.70. The van der Waals surface area contributed by atoms with E-state index in [1.54, 1.807) is 0 Å². The van der Waals surface area contributed by atoms with Crippen LogP contribution in [-0.2, 0) is 10.1 Å². The van der Waals surface area contributed by atoms with Crippen molar-refractivity contribution in [1.82, 2.24) is 0 Å². The lowest BCUT2D eigenvalue weighted by molar-refractivity contribution is -0.929. The zero-order valence-corrected chi connectivity index (χ0v) is 27.0. The highest BCUT2D eigenvalue weighted by Crippen LogP contribution is 2.19. The Morgan fingerprint density at radius 2 is 0.649 bits per heavy atom. The summed E-state index contributed by atoms with van der Waals surface area (Å²) in [6, 6.07) is 0. The molecule has 0 aliphatic heterocycles. The third kappa shape index (κ3) is 30.3. The van der Waals surface area contributed by atoms with E-state index in [2.05, 4.69) is 34.6 Å². The molecular weight excluding hydrogens is 478 g/mol. The molecule has 0 saturated carbocycles. The fraction of sp³-hybridized carbons (Fsp3) is 1.00. The van der Waals surface area contributed by atoms with E-state index in [9.17, 15) is 8.42 Å². The van der Waals surface area contributed by atoms with Crippen molar-refractivity contribution in [3.63, 3.8) is 0 Å². The number of hydrogen-bond donors (Lipinski definition) is 1. The number of hydrogen-bond acceptors (Lipinski definition) is 2. The Kier molecular flexibility index (Phi) is 30.4. The second kappa shape index (κ2) is 28.9. The van der Waals surface area contributed by atoms with Crippen molar-refractivity contribution in [3.8, 4) is 0 Å². The van der Waals surface area contributed by atoms with Crippen molar-refractivity contribution in [2.75, 3.05) is 31.9 Å². The van der Waals surface area contributed by atoms with E-state index >= 15 is 0 Å². The predicted molar refractivity (Wildman–Crippen MR) is 166 cm³/mol. The zero-order valence-electron chi connectivity index (χ0n) is 26.2. The molecule has 0 amide bonds. The van der Waals surface area contributed by atoms with Gasteiger partial charge in [-0.15, -0.1) is 0 Å². The summed E-state index contributed by atoms with van der Waals surface area (Å²) in [6.07, 6.45) is 29.0. The molecule has 0 fully saturated rings. The highest BCUT2D eigenvalue weighted by molar-refractivity contribution is 7.85. The number of unbranched alkanes of at least 4 members (excludes halogenated alkanes) is 17. The minimum atomic E-state index is -3.72. The molecule has 37 heavy (non-hydrogen) atoms. The van der Waals surface area contributed by atoms with Crippen LogP contribution in [0.3, 0.4) is 0 Å². The Bertz CT molecular complexity index is 483. The Balaban J connectivity index is 0. The molecule has 0 heterocycles. The van der Waals surface area contributed by atoms with Crippen molar-refractivity contribution < 1.29 is 17.5 Å². The SMILES string of the molecule is CCCCCCCCS(=O)(=O)O.CCCCCC[N+](CCCCCC)(CCCCCC)CCCCCC. The summed E-state index contributed by atoms with van der Waals surface area (Å²) in [4.78, 5) is 0. The summed E-state index contributed by atoms with van der Waals surface area (Å²) >= 11 is 0. The second-order valence-electron chi connectivity index (χ2n) is 11.5. The first kappa shape index (κ1) is 39.0. The van der Waals surface area contributed by atoms with Gasteiger partial charge in [-0.1, -0.05) is 118 Å². The molecule has 0 saturated heterocycles. The molecule has 4 nitrogen and oxygen atoms in total. The lowest BCUT2D eigenvalue weighted by Crippen LogP contribution is -2.50. The minimum Gasteiger partial charge on any atom is -0.324 e. The minimum absolute atomic E-state index is 0.0842. The molecule has 0 spiro atoms. The molecule has 226 valence electrons. The van der Waals surface area contributed by atoms with Crippen molar-refractivity contribution >= 4 is 10.1 Å². The number of nitrogens with zero attached hydrogens (tertiary/aromatic N) is 1. The van der Waals surface area contributed by atoms with Crippen LogP contribution in [0.25, 0.3) is 0 Å². The fourth-order valence-electron chi connectivity index (χ4n) is 5.23. The number of rotatable bonds is 27. The molecular formula is C32H70NO3S+. The van der Waals surface area contributed by atoms with Crippen LogP contribution in [-0.4, -0.2) is 49.4 Å². The summed E-state index contributed by atoms with van der Waals surface area (Å²) in [6.45, 7) is 17.3. The summed E-state index contributed by atoms with van der Waals surface area (Å²) in [7, 11) is -3.72. The topological polar surface area (TPSA) is 54.4 Å². The zero-order chi connectivity index (χ0) is 28.1. The van der Waals surface area contributed by atoms with E-state index in [0.717, 1.165) is 12.8 Å². The maximum absolute atomic E-state index is 10.3. The molecule has 0 aromatic rings. The van der Waals surface area contributed by atoms with E-state index < -0.39 is 10.1 Å². The molecule has 0 atom stereocenters. The van der Waals surface area contributed by atoms with Crippen LogP contribution in [0.15, 0.2) is 0 Å². The smallest absolute Gasteiger partial charge is 0.264 e. The van der Waals surface area contributed by atoms with Gasteiger partial charge in [0.2, 0.25) is 0 Å². The van der Waals surface area contributed by atoms with Gasteiger partial charge in [0, 0.05) is 0 Å². The molecule has 1 N–H and O–H groups in total. The monoisotopic (exact) mass is 549 g/mol. The molecule has 5 heteroatoms. The third-order valence-corrected chi connectivity index (χ3v) is 8.50. The first-order chi connectivity index (χ1) is 17.8. The van der Waals surface area contributed by atoms with Crippen molar-refractivity contribution in [2.45, 2.75) is 176 Å². The molecule has 0 radical (unpaired) electrons. The Morgan fingerprint density at radius 1 is 0.405 bits per heavy atom. The van der Waals surface area contributed by atoms with E-state index in [4.69, 9.17) is 4.55 Å². The lowest BCUT2D eigenvalue weighted by Gasteiger charge is -2.39. The van der Waals surface area contributed by atoms with E-state index in [-0.39, 0.29) is 5.75 Å². The molecule has 0 aromatic heterocycles. The van der Waals surface area contributed by atoms with Crippen LogP contribution in [0.1, 0.15) is 176 Å². The van der Waals surface area contributed by atoms with E-state index in [1.807, 2.05) is 0 Å². The van der Waals surface area contributed by atoms with Gasteiger partial charge in [-0.25, -0.2) is 0 Å². The molecule has 0 bridgehead atoms. The standard InChI is InChI=1S/C24H52N.C8H18O3S/c1-5-9-13-17-21-25(22-18-14-10-6-2,23-19-15-11-7-3)24-20-16-12-8-4;1-2-3-4-5-6-7-8-12(9,10)11/h5-24H2,1-4H3;2-8H2,1H3,(H,9,10,11)/q+1;. The van der Waals surface area contributed by atoms with Crippen LogP contribution >= 0.6 is 0 Å². The van der Waals surface area contributed by atoms with Gasteiger partial charge in [-0.05, 0) is 57.8 Å². The average molecular weight is 549 g/mol. The Labute approximate surface area is 235 Å². The van der Waals surface area contributed by atoms with Gasteiger partial charge in [0.05, 0.1) is 31.9 Å². The van der Waals surface area contributed by atoms with Gasteiger partial charge in [0.15, 0.2) is 0 Å². The van der Waals surface area contributed by atoms with Crippen LogP contribution in [0.4, 0.5) is 0 Å². The Hall–Kier alpha value is -0.130. The maximum atomic E-state index is 10.3. The van der Waals surface area contributed by atoms with Crippen molar-refractivity contribution in [3.05, 3.63) is 0 Å². The summed E-state index contributed by atoms with van der Waals surface area (Å²) < 4.78 is 30.4. The van der Waals surface area contributed by atoms with Gasteiger partial charge in [0.25, 0.3) is 10.1 Å².